The molecular formula is C15H23NO2. The van der Waals surface area contributed by atoms with Crippen molar-refractivity contribution in [1.82, 2.24) is 0 Å². The van der Waals surface area contributed by atoms with Gasteiger partial charge in [0.05, 0.1) is 6.61 Å². The summed E-state index contributed by atoms with van der Waals surface area (Å²) in [6.45, 7) is 10.5. The number of benzene rings is 1. The molecule has 0 bridgehead atoms. The summed E-state index contributed by atoms with van der Waals surface area (Å²) in [6.07, 6.45) is 0.988. The van der Waals surface area contributed by atoms with Crippen LogP contribution in [0.1, 0.15) is 39.7 Å². The first-order valence-electron chi connectivity index (χ1n) is 6.39. The van der Waals surface area contributed by atoms with E-state index in [0.717, 1.165) is 23.4 Å². The van der Waals surface area contributed by atoms with Gasteiger partial charge in [0.2, 0.25) is 5.91 Å². The zero-order valence-corrected chi connectivity index (χ0v) is 12.0. The van der Waals surface area contributed by atoms with Crippen LogP contribution in [0.3, 0.4) is 0 Å². The minimum Gasteiger partial charge on any atom is -0.493 e. The standard InChI is InChI=1S/C15H23NO2/c1-6-9-18-13-8-7-12(10-11(13)2)16-14(17)15(3,4)5/h7-8,10H,6,9H2,1-5H3,(H,16,17). The fourth-order valence-corrected chi connectivity index (χ4v) is 1.42. The van der Waals surface area contributed by atoms with Crippen molar-refractivity contribution in [2.75, 3.05) is 11.9 Å². The fourth-order valence-electron chi connectivity index (χ4n) is 1.42. The van der Waals surface area contributed by atoms with E-state index in [1.165, 1.54) is 0 Å². The van der Waals surface area contributed by atoms with Crippen LogP contribution < -0.4 is 10.1 Å². The number of amides is 1. The Morgan fingerprint density at radius 1 is 1.33 bits per heavy atom. The van der Waals surface area contributed by atoms with E-state index < -0.39 is 0 Å². The molecule has 0 saturated heterocycles. The Labute approximate surface area is 110 Å². The van der Waals surface area contributed by atoms with E-state index in [9.17, 15) is 4.79 Å². The zero-order valence-electron chi connectivity index (χ0n) is 12.0. The van der Waals surface area contributed by atoms with Crippen molar-refractivity contribution in [3.63, 3.8) is 0 Å². The third kappa shape index (κ3) is 4.06. The Balaban J connectivity index is 2.75. The minimum absolute atomic E-state index is 0.0177. The van der Waals surface area contributed by atoms with E-state index in [4.69, 9.17) is 4.74 Å². The molecule has 18 heavy (non-hydrogen) atoms. The summed E-state index contributed by atoms with van der Waals surface area (Å²) < 4.78 is 5.60. The van der Waals surface area contributed by atoms with Gasteiger partial charge >= 0.3 is 0 Å². The van der Waals surface area contributed by atoms with Crippen LogP contribution in [-0.2, 0) is 4.79 Å². The molecule has 1 amide bonds. The van der Waals surface area contributed by atoms with Crippen LogP contribution in [0.5, 0.6) is 5.75 Å². The number of hydrogen-bond acceptors (Lipinski definition) is 2. The molecular weight excluding hydrogens is 226 g/mol. The molecule has 1 aromatic rings. The molecule has 0 aliphatic rings. The molecule has 1 aromatic carbocycles. The molecule has 0 aliphatic heterocycles. The predicted molar refractivity (Wildman–Crippen MR) is 75.0 cm³/mol. The van der Waals surface area contributed by atoms with Gasteiger partial charge in [0.15, 0.2) is 0 Å². The van der Waals surface area contributed by atoms with Crippen LogP contribution in [0.4, 0.5) is 5.69 Å². The summed E-state index contributed by atoms with van der Waals surface area (Å²) in [6, 6.07) is 5.72. The van der Waals surface area contributed by atoms with E-state index in [1.807, 2.05) is 45.9 Å². The summed E-state index contributed by atoms with van der Waals surface area (Å²) in [7, 11) is 0. The van der Waals surface area contributed by atoms with E-state index in [0.29, 0.717) is 6.61 Å². The van der Waals surface area contributed by atoms with Crippen LogP contribution in [0.15, 0.2) is 18.2 Å². The number of ether oxygens (including phenoxy) is 1. The van der Waals surface area contributed by atoms with Gasteiger partial charge in [-0.1, -0.05) is 27.7 Å². The molecule has 0 heterocycles. The highest BCUT2D eigenvalue weighted by atomic mass is 16.5. The second-order valence-electron chi connectivity index (χ2n) is 5.53. The highest BCUT2D eigenvalue weighted by Gasteiger charge is 2.21. The quantitative estimate of drug-likeness (QED) is 0.882. The maximum atomic E-state index is 11.9. The van der Waals surface area contributed by atoms with Gasteiger partial charge in [-0.2, -0.15) is 0 Å². The van der Waals surface area contributed by atoms with Crippen LogP contribution in [0, 0.1) is 12.3 Å². The normalized spacial score (nSPS) is 11.2. The van der Waals surface area contributed by atoms with E-state index in [1.54, 1.807) is 0 Å². The van der Waals surface area contributed by atoms with Crippen molar-refractivity contribution in [1.29, 1.82) is 0 Å². The Kier molecular flexibility index (Phi) is 4.76. The SMILES string of the molecule is CCCOc1ccc(NC(=O)C(C)(C)C)cc1C. The van der Waals surface area contributed by atoms with Crippen LogP contribution >= 0.6 is 0 Å². The Morgan fingerprint density at radius 3 is 2.50 bits per heavy atom. The molecule has 1 N–H and O–H groups in total. The van der Waals surface area contributed by atoms with Gasteiger partial charge in [-0.25, -0.2) is 0 Å². The number of aryl methyl sites for hydroxylation is 1. The molecule has 0 atom stereocenters. The topological polar surface area (TPSA) is 38.3 Å². The van der Waals surface area contributed by atoms with Gasteiger partial charge in [-0.05, 0) is 37.1 Å². The van der Waals surface area contributed by atoms with Gasteiger partial charge < -0.3 is 10.1 Å². The number of nitrogens with one attached hydrogen (secondary N) is 1. The van der Waals surface area contributed by atoms with Crippen molar-refractivity contribution in [2.24, 2.45) is 5.41 Å². The first kappa shape index (κ1) is 14.6. The lowest BCUT2D eigenvalue weighted by molar-refractivity contribution is -0.123. The van der Waals surface area contributed by atoms with Gasteiger partial charge in [0, 0.05) is 11.1 Å². The van der Waals surface area contributed by atoms with E-state index in [-0.39, 0.29) is 11.3 Å². The van der Waals surface area contributed by atoms with Crippen molar-refractivity contribution in [3.8, 4) is 5.75 Å². The number of carbonyl (C=O) groups is 1. The summed E-state index contributed by atoms with van der Waals surface area (Å²) in [4.78, 5) is 11.9. The van der Waals surface area contributed by atoms with Crippen molar-refractivity contribution < 1.29 is 9.53 Å². The fraction of sp³-hybridized carbons (Fsp3) is 0.533. The Hall–Kier alpha value is -1.51. The van der Waals surface area contributed by atoms with Crippen molar-refractivity contribution >= 4 is 11.6 Å². The van der Waals surface area contributed by atoms with E-state index >= 15 is 0 Å². The van der Waals surface area contributed by atoms with Crippen LogP contribution in [0.25, 0.3) is 0 Å². The zero-order chi connectivity index (χ0) is 13.8. The molecule has 100 valence electrons. The van der Waals surface area contributed by atoms with Crippen molar-refractivity contribution in [3.05, 3.63) is 23.8 Å². The lowest BCUT2D eigenvalue weighted by Crippen LogP contribution is -2.27. The van der Waals surface area contributed by atoms with Gasteiger partial charge in [-0.15, -0.1) is 0 Å². The van der Waals surface area contributed by atoms with Gasteiger partial charge in [-0.3, -0.25) is 4.79 Å². The first-order chi connectivity index (χ1) is 8.34. The number of carbonyl (C=O) groups excluding carboxylic acids is 1. The summed E-state index contributed by atoms with van der Waals surface area (Å²) in [5.74, 6) is 0.898. The molecule has 0 spiro atoms. The lowest BCUT2D eigenvalue weighted by Gasteiger charge is -2.18. The minimum atomic E-state index is -0.384. The molecule has 0 radical (unpaired) electrons. The summed E-state index contributed by atoms with van der Waals surface area (Å²) in [5.41, 5.74) is 1.47. The lowest BCUT2D eigenvalue weighted by atomic mass is 9.95. The highest BCUT2D eigenvalue weighted by Crippen LogP contribution is 2.24. The largest absolute Gasteiger partial charge is 0.493 e. The summed E-state index contributed by atoms with van der Waals surface area (Å²) in [5, 5.41) is 2.91. The first-order valence-corrected chi connectivity index (χ1v) is 6.39. The number of anilines is 1. The molecule has 0 aliphatic carbocycles. The Bertz CT molecular complexity index is 419. The van der Waals surface area contributed by atoms with Gasteiger partial charge in [0.25, 0.3) is 0 Å². The summed E-state index contributed by atoms with van der Waals surface area (Å²) >= 11 is 0. The second-order valence-corrected chi connectivity index (χ2v) is 5.53. The van der Waals surface area contributed by atoms with Crippen LogP contribution in [0.2, 0.25) is 0 Å². The van der Waals surface area contributed by atoms with Gasteiger partial charge in [0.1, 0.15) is 5.75 Å². The number of hydrogen-bond donors (Lipinski definition) is 1. The highest BCUT2D eigenvalue weighted by molar-refractivity contribution is 5.94. The molecule has 0 unspecified atom stereocenters. The van der Waals surface area contributed by atoms with Crippen molar-refractivity contribution in [2.45, 2.75) is 41.0 Å². The average Bonchev–Trinajstić information content (AvgIpc) is 2.26. The number of rotatable bonds is 4. The molecule has 3 heteroatoms. The molecule has 0 saturated carbocycles. The third-order valence-electron chi connectivity index (χ3n) is 2.58. The average molecular weight is 249 g/mol. The molecule has 0 fully saturated rings. The van der Waals surface area contributed by atoms with E-state index in [2.05, 4.69) is 12.2 Å². The third-order valence-corrected chi connectivity index (χ3v) is 2.58. The monoisotopic (exact) mass is 249 g/mol. The molecule has 1 rings (SSSR count). The predicted octanol–water partition coefficient (Wildman–Crippen LogP) is 3.77. The smallest absolute Gasteiger partial charge is 0.229 e. The maximum Gasteiger partial charge on any atom is 0.229 e. The second kappa shape index (κ2) is 5.89. The molecule has 3 nitrogen and oxygen atoms in total. The van der Waals surface area contributed by atoms with Crippen LogP contribution in [-0.4, -0.2) is 12.5 Å². The Morgan fingerprint density at radius 2 is 2.00 bits per heavy atom. The molecule has 0 aromatic heterocycles. The maximum absolute atomic E-state index is 11.9.